The summed E-state index contributed by atoms with van der Waals surface area (Å²) in [6.07, 6.45) is 2.31. The molecule has 0 aliphatic rings. The second-order valence-electron chi connectivity index (χ2n) is 6.30. The molecule has 0 atom stereocenters. The minimum Gasteiger partial charge on any atom is -0.355 e. The van der Waals surface area contributed by atoms with Gasteiger partial charge in [0.2, 0.25) is 15.9 Å². The fraction of sp³-hybridized carbons (Fsp3) is 0.316. The Morgan fingerprint density at radius 2 is 1.78 bits per heavy atom. The Morgan fingerprint density at radius 1 is 1.11 bits per heavy atom. The summed E-state index contributed by atoms with van der Waals surface area (Å²) in [5, 5.41) is 2.63. The summed E-state index contributed by atoms with van der Waals surface area (Å²) < 4.78 is 51.5. The largest absolute Gasteiger partial charge is 0.355 e. The Labute approximate surface area is 158 Å². The number of hydrogen-bond donors (Lipinski definition) is 1. The second kappa shape index (κ2) is 8.94. The zero-order chi connectivity index (χ0) is 20.0. The second-order valence-corrected chi connectivity index (χ2v) is 8.21. The van der Waals surface area contributed by atoms with Gasteiger partial charge in [-0.2, -0.15) is 0 Å². The lowest BCUT2D eigenvalue weighted by Gasteiger charge is -2.22. The van der Waals surface area contributed by atoms with Crippen LogP contribution >= 0.6 is 0 Å². The number of carbonyl (C=O) groups excluding carboxylic acids is 1. The van der Waals surface area contributed by atoms with Crippen molar-refractivity contribution < 1.29 is 22.0 Å². The molecule has 0 aromatic heterocycles. The number of halogens is 2. The Hall–Kier alpha value is -2.48. The van der Waals surface area contributed by atoms with Crippen LogP contribution in [0.25, 0.3) is 0 Å². The van der Waals surface area contributed by atoms with E-state index in [1.54, 1.807) is 0 Å². The van der Waals surface area contributed by atoms with Gasteiger partial charge in [0.15, 0.2) is 0 Å². The van der Waals surface area contributed by atoms with Gasteiger partial charge in [0, 0.05) is 12.6 Å². The predicted molar refractivity (Wildman–Crippen MR) is 101 cm³/mol. The molecule has 0 aliphatic carbocycles. The van der Waals surface area contributed by atoms with Crippen molar-refractivity contribution in [3.05, 3.63) is 65.2 Å². The van der Waals surface area contributed by atoms with Crippen LogP contribution in [0.15, 0.2) is 42.5 Å². The smallest absolute Gasteiger partial charge is 0.240 e. The van der Waals surface area contributed by atoms with Crippen LogP contribution in [0.1, 0.15) is 17.5 Å². The first-order valence-corrected chi connectivity index (χ1v) is 10.3. The maximum Gasteiger partial charge on any atom is 0.240 e. The van der Waals surface area contributed by atoms with Gasteiger partial charge >= 0.3 is 0 Å². The Balaban J connectivity index is 1.93. The van der Waals surface area contributed by atoms with E-state index in [0.717, 1.165) is 30.4 Å². The summed E-state index contributed by atoms with van der Waals surface area (Å²) in [6.45, 7) is 1.78. The van der Waals surface area contributed by atoms with Gasteiger partial charge in [0.05, 0.1) is 11.9 Å². The number of carbonyl (C=O) groups is 1. The molecule has 0 radical (unpaired) electrons. The van der Waals surface area contributed by atoms with Crippen LogP contribution in [-0.4, -0.2) is 33.7 Å². The molecular formula is C19H22F2N2O3S. The van der Waals surface area contributed by atoms with Gasteiger partial charge in [-0.15, -0.1) is 0 Å². The summed E-state index contributed by atoms with van der Waals surface area (Å²) in [4.78, 5) is 12.1. The number of rotatable bonds is 8. The molecule has 0 saturated heterocycles. The average Bonchev–Trinajstić information content (AvgIpc) is 2.58. The van der Waals surface area contributed by atoms with E-state index >= 15 is 0 Å². The molecule has 1 amide bonds. The third-order valence-corrected chi connectivity index (χ3v) is 5.08. The summed E-state index contributed by atoms with van der Waals surface area (Å²) in [5.74, 6) is -2.44. The van der Waals surface area contributed by atoms with E-state index in [4.69, 9.17) is 0 Å². The first-order valence-electron chi connectivity index (χ1n) is 8.42. The van der Waals surface area contributed by atoms with Crippen LogP contribution in [0, 0.1) is 18.6 Å². The first-order chi connectivity index (χ1) is 12.7. The Bertz CT molecular complexity index is 900. The van der Waals surface area contributed by atoms with Crippen LogP contribution < -0.4 is 9.62 Å². The molecule has 27 heavy (non-hydrogen) atoms. The van der Waals surface area contributed by atoms with E-state index in [0.29, 0.717) is 23.3 Å². The molecule has 2 aromatic carbocycles. The van der Waals surface area contributed by atoms with Crippen LogP contribution in [0.2, 0.25) is 0 Å². The minimum absolute atomic E-state index is 0.357. The zero-order valence-electron chi connectivity index (χ0n) is 15.2. The van der Waals surface area contributed by atoms with Crippen LogP contribution in [-0.2, 0) is 21.2 Å². The Kier molecular flexibility index (Phi) is 6.90. The van der Waals surface area contributed by atoms with E-state index in [2.05, 4.69) is 5.32 Å². The van der Waals surface area contributed by atoms with Crippen molar-refractivity contribution in [1.29, 1.82) is 0 Å². The number of amides is 1. The molecule has 0 bridgehead atoms. The highest BCUT2D eigenvalue weighted by Crippen LogP contribution is 2.22. The predicted octanol–water partition coefficient (Wildman–Crippen LogP) is 2.79. The van der Waals surface area contributed by atoms with Crippen molar-refractivity contribution >= 4 is 21.6 Å². The molecule has 0 fully saturated rings. The first kappa shape index (κ1) is 20.8. The number of hydrogen-bond acceptors (Lipinski definition) is 3. The van der Waals surface area contributed by atoms with Crippen LogP contribution in [0.5, 0.6) is 0 Å². The van der Waals surface area contributed by atoms with Crippen LogP contribution in [0.3, 0.4) is 0 Å². The fourth-order valence-electron chi connectivity index (χ4n) is 2.53. The maximum absolute atomic E-state index is 13.9. The average molecular weight is 396 g/mol. The molecule has 146 valence electrons. The molecule has 0 spiro atoms. The SMILES string of the molecule is Cc1ccc(CCCNC(=O)CN(c2ccc(F)cc2F)S(C)(=O)=O)cc1. The van der Waals surface area contributed by atoms with E-state index in [9.17, 15) is 22.0 Å². The lowest BCUT2D eigenvalue weighted by molar-refractivity contribution is -0.119. The number of benzene rings is 2. The van der Waals surface area contributed by atoms with Gasteiger partial charge in [-0.3, -0.25) is 9.10 Å². The summed E-state index contributed by atoms with van der Waals surface area (Å²) in [6, 6.07) is 10.6. The summed E-state index contributed by atoms with van der Waals surface area (Å²) in [7, 11) is -3.92. The summed E-state index contributed by atoms with van der Waals surface area (Å²) in [5.41, 5.74) is 1.94. The molecule has 1 N–H and O–H groups in total. The highest BCUT2D eigenvalue weighted by Gasteiger charge is 2.23. The number of nitrogens with one attached hydrogen (secondary N) is 1. The van der Waals surface area contributed by atoms with Crippen molar-refractivity contribution in [2.24, 2.45) is 0 Å². The quantitative estimate of drug-likeness (QED) is 0.698. The van der Waals surface area contributed by atoms with Crippen molar-refractivity contribution in [3.63, 3.8) is 0 Å². The minimum atomic E-state index is -3.92. The van der Waals surface area contributed by atoms with E-state index < -0.39 is 34.1 Å². The normalized spacial score (nSPS) is 11.3. The van der Waals surface area contributed by atoms with Gasteiger partial charge in [-0.25, -0.2) is 17.2 Å². The number of nitrogens with zero attached hydrogens (tertiary/aromatic N) is 1. The number of anilines is 1. The molecule has 2 rings (SSSR count). The zero-order valence-corrected chi connectivity index (χ0v) is 16.0. The van der Waals surface area contributed by atoms with Gasteiger partial charge in [0.25, 0.3) is 0 Å². The van der Waals surface area contributed by atoms with Crippen molar-refractivity contribution in [1.82, 2.24) is 5.32 Å². The molecule has 0 unspecified atom stereocenters. The highest BCUT2D eigenvalue weighted by atomic mass is 32.2. The fourth-order valence-corrected chi connectivity index (χ4v) is 3.38. The Morgan fingerprint density at radius 3 is 2.37 bits per heavy atom. The van der Waals surface area contributed by atoms with Crippen molar-refractivity contribution in [2.75, 3.05) is 23.7 Å². The van der Waals surface area contributed by atoms with Gasteiger partial charge in [0.1, 0.15) is 18.2 Å². The van der Waals surface area contributed by atoms with E-state index in [-0.39, 0.29) is 5.69 Å². The molecule has 0 heterocycles. The summed E-state index contributed by atoms with van der Waals surface area (Å²) >= 11 is 0. The standard InChI is InChI=1S/C19H22F2N2O3S/c1-14-5-7-15(8-6-14)4-3-11-22-19(24)13-23(27(2,25)26)18-10-9-16(20)12-17(18)21/h5-10,12H,3-4,11,13H2,1-2H3,(H,22,24). The van der Waals surface area contributed by atoms with Gasteiger partial charge in [-0.1, -0.05) is 29.8 Å². The lowest BCUT2D eigenvalue weighted by Crippen LogP contribution is -2.41. The molecule has 2 aromatic rings. The molecule has 5 nitrogen and oxygen atoms in total. The topological polar surface area (TPSA) is 66.5 Å². The van der Waals surface area contributed by atoms with Gasteiger partial charge in [-0.05, 0) is 37.5 Å². The molecule has 0 aliphatic heterocycles. The third-order valence-electron chi connectivity index (χ3n) is 3.95. The third kappa shape index (κ3) is 6.32. The molecular weight excluding hydrogens is 374 g/mol. The van der Waals surface area contributed by atoms with Gasteiger partial charge < -0.3 is 5.32 Å². The van der Waals surface area contributed by atoms with Crippen molar-refractivity contribution in [2.45, 2.75) is 19.8 Å². The molecule has 8 heteroatoms. The van der Waals surface area contributed by atoms with Crippen LogP contribution in [0.4, 0.5) is 14.5 Å². The van der Waals surface area contributed by atoms with E-state index in [1.165, 1.54) is 5.56 Å². The number of sulfonamides is 1. The highest BCUT2D eigenvalue weighted by molar-refractivity contribution is 7.92. The van der Waals surface area contributed by atoms with E-state index in [1.807, 2.05) is 31.2 Å². The monoisotopic (exact) mass is 396 g/mol. The number of aryl methyl sites for hydroxylation is 2. The van der Waals surface area contributed by atoms with Crippen molar-refractivity contribution in [3.8, 4) is 0 Å². The lowest BCUT2D eigenvalue weighted by atomic mass is 10.1. The maximum atomic E-state index is 13.9. The molecule has 0 saturated carbocycles.